The second-order valence-corrected chi connectivity index (χ2v) is 4.34. The fraction of sp³-hybridized carbons (Fsp3) is 0.333. The van der Waals surface area contributed by atoms with Gasteiger partial charge in [-0.25, -0.2) is 13.6 Å². The Kier molecular flexibility index (Phi) is 3.73. The lowest BCUT2D eigenvalue weighted by molar-refractivity contribution is -0.120. The highest BCUT2D eigenvalue weighted by Gasteiger charge is 2.39. The number of nitrogens with one attached hydrogen (secondary N) is 2. The minimum Gasteiger partial charge on any atom is -0.497 e. The molecule has 1 heterocycles. The van der Waals surface area contributed by atoms with Crippen molar-refractivity contribution in [3.05, 3.63) is 29.3 Å². The van der Waals surface area contributed by atoms with Crippen molar-refractivity contribution in [3.8, 4) is 5.75 Å². The first-order valence-corrected chi connectivity index (χ1v) is 5.80. The van der Waals surface area contributed by atoms with Gasteiger partial charge in [0.05, 0.1) is 7.11 Å². The highest BCUT2D eigenvalue weighted by Crippen LogP contribution is 2.31. The summed E-state index contributed by atoms with van der Waals surface area (Å²) in [6, 6.07) is -0.0123. The van der Waals surface area contributed by atoms with Crippen molar-refractivity contribution in [2.45, 2.75) is 12.0 Å². The van der Waals surface area contributed by atoms with Gasteiger partial charge >= 0.3 is 6.03 Å². The summed E-state index contributed by atoms with van der Waals surface area (Å²) in [5.41, 5.74) is 4.67. The van der Waals surface area contributed by atoms with Crippen LogP contribution in [-0.4, -0.2) is 31.6 Å². The zero-order valence-electron chi connectivity index (χ0n) is 10.6. The monoisotopic (exact) mass is 285 g/mol. The Morgan fingerprint density at radius 2 is 2.05 bits per heavy atom. The molecule has 1 saturated heterocycles. The molecule has 2 atom stereocenters. The summed E-state index contributed by atoms with van der Waals surface area (Å²) in [6.45, 7) is 0.00392. The van der Waals surface area contributed by atoms with Crippen LogP contribution in [-0.2, 0) is 4.79 Å². The third kappa shape index (κ3) is 2.49. The van der Waals surface area contributed by atoms with Crippen LogP contribution in [0.5, 0.6) is 5.75 Å². The molecule has 0 aliphatic carbocycles. The minimum absolute atomic E-state index is 0.00392. The lowest BCUT2D eigenvalue weighted by Gasteiger charge is -2.19. The topological polar surface area (TPSA) is 93.4 Å². The average Bonchev–Trinajstić information content (AvgIpc) is 2.70. The number of benzene rings is 1. The number of rotatable bonds is 3. The first-order chi connectivity index (χ1) is 9.43. The maximum Gasteiger partial charge on any atom is 0.312 e. The van der Waals surface area contributed by atoms with E-state index in [1.54, 1.807) is 0 Å². The molecule has 0 unspecified atom stereocenters. The highest BCUT2D eigenvalue weighted by molar-refractivity contribution is 5.89. The fourth-order valence-corrected chi connectivity index (χ4v) is 2.24. The molecule has 0 saturated carbocycles. The molecule has 4 N–H and O–H groups in total. The van der Waals surface area contributed by atoms with Crippen LogP contribution in [0.1, 0.15) is 11.5 Å². The maximum absolute atomic E-state index is 14.0. The number of carbonyl (C=O) groups is 2. The number of methoxy groups -OCH3 is 1. The van der Waals surface area contributed by atoms with E-state index in [1.807, 2.05) is 0 Å². The Morgan fingerprint density at radius 1 is 1.45 bits per heavy atom. The number of urea groups is 1. The second-order valence-electron chi connectivity index (χ2n) is 4.34. The number of amides is 3. The molecule has 1 aliphatic heterocycles. The molecule has 2 rings (SSSR count). The molecule has 1 aromatic rings. The number of ether oxygens (including phenoxy) is 1. The van der Waals surface area contributed by atoms with Crippen molar-refractivity contribution in [2.75, 3.05) is 13.7 Å². The van der Waals surface area contributed by atoms with Gasteiger partial charge in [0.15, 0.2) is 0 Å². The van der Waals surface area contributed by atoms with Crippen LogP contribution in [0.3, 0.4) is 0 Å². The van der Waals surface area contributed by atoms with Crippen molar-refractivity contribution < 1.29 is 23.1 Å². The van der Waals surface area contributed by atoms with E-state index in [0.717, 1.165) is 12.1 Å². The number of primary amides is 1. The molecule has 0 radical (unpaired) electrons. The van der Waals surface area contributed by atoms with Gasteiger partial charge in [0, 0.05) is 30.2 Å². The smallest absolute Gasteiger partial charge is 0.312 e. The third-order valence-corrected chi connectivity index (χ3v) is 3.14. The van der Waals surface area contributed by atoms with Gasteiger partial charge in [-0.15, -0.1) is 0 Å². The van der Waals surface area contributed by atoms with Gasteiger partial charge in [-0.05, 0) is 0 Å². The van der Waals surface area contributed by atoms with Crippen LogP contribution in [0.15, 0.2) is 12.1 Å². The van der Waals surface area contributed by atoms with E-state index < -0.39 is 35.5 Å². The molecule has 0 aromatic heterocycles. The highest BCUT2D eigenvalue weighted by atomic mass is 19.1. The van der Waals surface area contributed by atoms with Gasteiger partial charge in [-0.2, -0.15) is 0 Å². The molecule has 6 nitrogen and oxygen atoms in total. The molecule has 3 amide bonds. The summed E-state index contributed by atoms with van der Waals surface area (Å²) in [5, 5.41) is 4.62. The van der Waals surface area contributed by atoms with E-state index in [9.17, 15) is 18.4 Å². The van der Waals surface area contributed by atoms with Crippen LogP contribution in [0.4, 0.5) is 13.6 Å². The Bertz CT molecular complexity index is 542. The number of carbonyl (C=O) groups excluding carboxylic acids is 2. The van der Waals surface area contributed by atoms with E-state index in [0.29, 0.717) is 0 Å². The number of nitrogens with two attached hydrogens (primary N) is 1. The predicted octanol–water partition coefficient (Wildman–Crippen LogP) is 0.224. The summed E-state index contributed by atoms with van der Waals surface area (Å²) in [5.74, 6) is -3.08. The SMILES string of the molecule is COc1cc(F)c([C@@H]2CNC(=O)[C@H]2NC(N)=O)c(F)c1. The van der Waals surface area contributed by atoms with Crippen LogP contribution >= 0.6 is 0 Å². The van der Waals surface area contributed by atoms with E-state index >= 15 is 0 Å². The van der Waals surface area contributed by atoms with E-state index in [-0.39, 0.29) is 17.9 Å². The van der Waals surface area contributed by atoms with Crippen LogP contribution < -0.4 is 21.1 Å². The molecule has 1 aliphatic rings. The van der Waals surface area contributed by atoms with E-state index in [2.05, 4.69) is 10.6 Å². The van der Waals surface area contributed by atoms with Crippen molar-refractivity contribution >= 4 is 11.9 Å². The summed E-state index contributed by atoms with van der Waals surface area (Å²) in [6.07, 6.45) is 0. The lowest BCUT2D eigenvalue weighted by atomic mass is 9.93. The van der Waals surface area contributed by atoms with E-state index in [4.69, 9.17) is 10.5 Å². The Hall–Kier alpha value is -2.38. The third-order valence-electron chi connectivity index (χ3n) is 3.14. The molecule has 0 spiro atoms. The van der Waals surface area contributed by atoms with Crippen molar-refractivity contribution in [3.63, 3.8) is 0 Å². The van der Waals surface area contributed by atoms with E-state index in [1.165, 1.54) is 7.11 Å². The molecule has 8 heteroatoms. The van der Waals surface area contributed by atoms with Crippen LogP contribution in [0.25, 0.3) is 0 Å². The molecule has 1 fully saturated rings. The van der Waals surface area contributed by atoms with Crippen molar-refractivity contribution in [1.29, 1.82) is 0 Å². The largest absolute Gasteiger partial charge is 0.497 e. The van der Waals surface area contributed by atoms with Gasteiger partial charge in [-0.1, -0.05) is 0 Å². The summed E-state index contributed by atoms with van der Waals surface area (Å²) in [4.78, 5) is 22.5. The first kappa shape index (κ1) is 14.0. The minimum atomic E-state index is -1.11. The summed E-state index contributed by atoms with van der Waals surface area (Å²) in [7, 11) is 1.28. The summed E-state index contributed by atoms with van der Waals surface area (Å²) < 4.78 is 32.7. The first-order valence-electron chi connectivity index (χ1n) is 5.80. The van der Waals surface area contributed by atoms with Gasteiger partial charge in [0.2, 0.25) is 5.91 Å². The molecule has 0 bridgehead atoms. The maximum atomic E-state index is 14.0. The van der Waals surface area contributed by atoms with Gasteiger partial charge in [-0.3, -0.25) is 4.79 Å². The van der Waals surface area contributed by atoms with Gasteiger partial charge in [0.25, 0.3) is 0 Å². The number of halogens is 2. The molecule has 108 valence electrons. The second kappa shape index (κ2) is 5.32. The zero-order valence-corrected chi connectivity index (χ0v) is 10.6. The van der Waals surface area contributed by atoms with Gasteiger partial charge in [0.1, 0.15) is 23.4 Å². The average molecular weight is 285 g/mol. The summed E-state index contributed by atoms with van der Waals surface area (Å²) >= 11 is 0. The zero-order chi connectivity index (χ0) is 14.9. The van der Waals surface area contributed by atoms with Crippen molar-refractivity contribution in [1.82, 2.24) is 10.6 Å². The Labute approximate surface area is 113 Å². The van der Waals surface area contributed by atoms with Crippen LogP contribution in [0, 0.1) is 11.6 Å². The molecular weight excluding hydrogens is 272 g/mol. The molecule has 1 aromatic carbocycles. The number of hydrogen-bond acceptors (Lipinski definition) is 3. The number of hydrogen-bond donors (Lipinski definition) is 3. The van der Waals surface area contributed by atoms with Crippen molar-refractivity contribution in [2.24, 2.45) is 5.73 Å². The molecule has 20 heavy (non-hydrogen) atoms. The molecular formula is C12H13F2N3O3. The lowest BCUT2D eigenvalue weighted by Crippen LogP contribution is -2.45. The Balaban J connectivity index is 2.39. The normalized spacial score (nSPS) is 21.4. The standard InChI is InChI=1S/C12H13F2N3O3/c1-20-5-2-7(13)9(8(14)3-5)6-4-16-11(18)10(6)17-12(15)19/h2-3,6,10H,4H2,1H3,(H,16,18)(H3,15,17,19)/t6-,10-/m0/s1. The predicted molar refractivity (Wildman–Crippen MR) is 65.2 cm³/mol. The Morgan fingerprint density at radius 3 is 2.55 bits per heavy atom. The van der Waals surface area contributed by atoms with Gasteiger partial charge < -0.3 is 21.1 Å². The fourth-order valence-electron chi connectivity index (χ4n) is 2.24. The van der Waals surface area contributed by atoms with Crippen LogP contribution in [0.2, 0.25) is 0 Å². The quantitative estimate of drug-likeness (QED) is 0.741.